The molecule has 3 aromatic rings. The van der Waals surface area contributed by atoms with E-state index in [1.54, 1.807) is 14.2 Å². The molecule has 27 heavy (non-hydrogen) atoms. The van der Waals surface area contributed by atoms with Gasteiger partial charge >= 0.3 is 0 Å². The Hall–Kier alpha value is -3.35. The van der Waals surface area contributed by atoms with E-state index in [4.69, 9.17) is 9.47 Å². The van der Waals surface area contributed by atoms with Gasteiger partial charge in [-0.15, -0.1) is 5.10 Å². The molecule has 0 saturated heterocycles. The van der Waals surface area contributed by atoms with Gasteiger partial charge in [0.25, 0.3) is 0 Å². The van der Waals surface area contributed by atoms with E-state index in [-0.39, 0.29) is 5.91 Å². The van der Waals surface area contributed by atoms with Gasteiger partial charge in [-0.25, -0.2) is 0 Å². The van der Waals surface area contributed by atoms with E-state index in [1.165, 1.54) is 0 Å². The number of rotatable bonds is 8. The maximum atomic E-state index is 12.1. The van der Waals surface area contributed by atoms with Crippen molar-refractivity contribution < 1.29 is 14.3 Å². The smallest absolute Gasteiger partial charge is 0.248 e. The van der Waals surface area contributed by atoms with Gasteiger partial charge in [0, 0.05) is 12.8 Å². The van der Waals surface area contributed by atoms with Gasteiger partial charge in [-0.1, -0.05) is 24.3 Å². The average molecular weight is 366 g/mol. The number of nitrogens with zero attached hydrogens (tertiary/aromatic N) is 2. The van der Waals surface area contributed by atoms with Crippen LogP contribution in [0.25, 0.3) is 0 Å². The zero-order valence-corrected chi connectivity index (χ0v) is 15.4. The number of amides is 1. The number of nitrogens with one attached hydrogen (secondary N) is 2. The summed E-state index contributed by atoms with van der Waals surface area (Å²) in [6.45, 7) is 0. The summed E-state index contributed by atoms with van der Waals surface area (Å²) in [6.07, 6.45) is 1.59. The van der Waals surface area contributed by atoms with Crippen LogP contribution in [0.5, 0.6) is 11.5 Å². The van der Waals surface area contributed by atoms with Gasteiger partial charge in [0.15, 0.2) is 0 Å². The highest BCUT2D eigenvalue weighted by Gasteiger charge is 2.09. The summed E-state index contributed by atoms with van der Waals surface area (Å²) < 4.78 is 10.3. The number of methoxy groups -OCH3 is 2. The van der Waals surface area contributed by atoms with Crippen molar-refractivity contribution >= 4 is 11.9 Å². The van der Waals surface area contributed by atoms with Gasteiger partial charge in [0.05, 0.1) is 14.2 Å². The second kappa shape index (κ2) is 8.84. The number of carbonyl (C=O) groups is 1. The molecular formula is C20H22N4O3. The molecule has 0 aliphatic carbocycles. The maximum Gasteiger partial charge on any atom is 0.248 e. The van der Waals surface area contributed by atoms with Crippen molar-refractivity contribution in [3.8, 4) is 11.5 Å². The minimum atomic E-state index is -0.124. The van der Waals surface area contributed by atoms with Crippen LogP contribution in [0, 0.1) is 0 Å². The lowest BCUT2D eigenvalue weighted by molar-refractivity contribution is -0.116. The van der Waals surface area contributed by atoms with Gasteiger partial charge in [-0.3, -0.25) is 15.2 Å². The fourth-order valence-electron chi connectivity index (χ4n) is 2.60. The Balaban J connectivity index is 1.49. The zero-order chi connectivity index (χ0) is 19.1. The molecule has 0 aliphatic heterocycles. The van der Waals surface area contributed by atoms with Gasteiger partial charge < -0.3 is 9.47 Å². The molecule has 0 bridgehead atoms. The molecule has 7 heteroatoms. The first-order valence-corrected chi connectivity index (χ1v) is 8.63. The molecular weight excluding hydrogens is 344 g/mol. The summed E-state index contributed by atoms with van der Waals surface area (Å²) in [7, 11) is 3.26. The number of aromatic amines is 1. The molecule has 0 unspecified atom stereocenters. The summed E-state index contributed by atoms with van der Waals surface area (Å²) in [5.41, 5.74) is 2.14. The Bertz CT molecular complexity index is 873. The third-order valence-corrected chi connectivity index (χ3v) is 4.11. The zero-order valence-electron chi connectivity index (χ0n) is 15.4. The van der Waals surface area contributed by atoms with Crippen LogP contribution in [0.15, 0.2) is 48.5 Å². The highest BCUT2D eigenvalue weighted by atomic mass is 16.5. The van der Waals surface area contributed by atoms with Crippen molar-refractivity contribution in [1.29, 1.82) is 0 Å². The lowest BCUT2D eigenvalue weighted by Crippen LogP contribution is -2.13. The van der Waals surface area contributed by atoms with Crippen molar-refractivity contribution in [3.05, 3.63) is 65.5 Å². The SMILES string of the molecule is COc1ccc(CCC(=O)Nc2n[nH]c(Cc3ccc(OC)cc3)n2)cc1. The predicted molar refractivity (Wildman–Crippen MR) is 102 cm³/mol. The second-order valence-electron chi connectivity index (χ2n) is 6.03. The summed E-state index contributed by atoms with van der Waals surface area (Å²) >= 11 is 0. The lowest BCUT2D eigenvalue weighted by Gasteiger charge is -2.03. The predicted octanol–water partition coefficient (Wildman–Crippen LogP) is 2.98. The topological polar surface area (TPSA) is 89.1 Å². The Morgan fingerprint density at radius 3 is 2.15 bits per heavy atom. The standard InChI is InChI=1S/C20H22N4O3/c1-26-16-8-3-14(4-9-16)7-12-19(25)22-20-21-18(23-24-20)13-15-5-10-17(27-2)11-6-15/h3-6,8-11H,7,12-13H2,1-2H3,(H2,21,22,23,24,25). The number of aryl methyl sites for hydroxylation is 1. The number of aromatic nitrogens is 3. The van der Waals surface area contributed by atoms with Crippen LogP contribution in [0.2, 0.25) is 0 Å². The van der Waals surface area contributed by atoms with Crippen LogP contribution in [-0.4, -0.2) is 35.3 Å². The minimum absolute atomic E-state index is 0.124. The molecule has 2 N–H and O–H groups in total. The molecule has 0 radical (unpaired) electrons. The molecule has 0 fully saturated rings. The third-order valence-electron chi connectivity index (χ3n) is 4.11. The van der Waals surface area contributed by atoms with E-state index in [9.17, 15) is 4.79 Å². The molecule has 1 heterocycles. The average Bonchev–Trinajstić information content (AvgIpc) is 3.14. The first-order chi connectivity index (χ1) is 13.2. The Kier molecular flexibility index (Phi) is 6.04. The van der Waals surface area contributed by atoms with Gasteiger partial charge in [-0.05, 0) is 41.8 Å². The Morgan fingerprint density at radius 2 is 1.56 bits per heavy atom. The molecule has 0 spiro atoms. The summed E-state index contributed by atoms with van der Waals surface area (Å²) in [6, 6.07) is 15.4. The molecule has 1 aromatic heterocycles. The molecule has 140 valence electrons. The van der Waals surface area contributed by atoms with Gasteiger partial charge in [-0.2, -0.15) is 4.98 Å². The van der Waals surface area contributed by atoms with E-state index < -0.39 is 0 Å². The Labute approximate surface area is 157 Å². The fourth-order valence-corrected chi connectivity index (χ4v) is 2.60. The summed E-state index contributed by atoms with van der Waals surface area (Å²) in [4.78, 5) is 16.4. The normalized spacial score (nSPS) is 10.4. The van der Waals surface area contributed by atoms with E-state index in [2.05, 4.69) is 20.5 Å². The monoisotopic (exact) mass is 366 g/mol. The highest BCUT2D eigenvalue weighted by molar-refractivity contribution is 5.89. The van der Waals surface area contributed by atoms with Crippen molar-refractivity contribution in [2.45, 2.75) is 19.3 Å². The van der Waals surface area contributed by atoms with Crippen molar-refractivity contribution in [1.82, 2.24) is 15.2 Å². The molecule has 0 aliphatic rings. The number of ether oxygens (including phenoxy) is 2. The quantitative estimate of drug-likeness (QED) is 0.640. The molecule has 7 nitrogen and oxygen atoms in total. The Morgan fingerprint density at radius 1 is 0.963 bits per heavy atom. The number of hydrogen-bond donors (Lipinski definition) is 2. The van der Waals surface area contributed by atoms with Crippen LogP contribution in [0.3, 0.4) is 0 Å². The number of carbonyl (C=O) groups excluding carboxylic acids is 1. The van der Waals surface area contributed by atoms with E-state index in [0.717, 1.165) is 22.6 Å². The summed E-state index contributed by atoms with van der Waals surface area (Å²) in [5.74, 6) is 2.46. The van der Waals surface area contributed by atoms with E-state index >= 15 is 0 Å². The van der Waals surface area contributed by atoms with E-state index in [0.29, 0.717) is 31.0 Å². The molecule has 2 aromatic carbocycles. The van der Waals surface area contributed by atoms with Crippen LogP contribution < -0.4 is 14.8 Å². The van der Waals surface area contributed by atoms with Crippen molar-refractivity contribution in [2.75, 3.05) is 19.5 Å². The molecule has 1 amide bonds. The van der Waals surface area contributed by atoms with Crippen LogP contribution in [0.4, 0.5) is 5.95 Å². The number of benzene rings is 2. The number of H-pyrrole nitrogens is 1. The second-order valence-corrected chi connectivity index (χ2v) is 6.03. The highest BCUT2D eigenvalue weighted by Crippen LogP contribution is 2.15. The van der Waals surface area contributed by atoms with Crippen LogP contribution >= 0.6 is 0 Å². The number of anilines is 1. The maximum absolute atomic E-state index is 12.1. The molecule has 3 rings (SSSR count). The van der Waals surface area contributed by atoms with Gasteiger partial charge in [0.1, 0.15) is 17.3 Å². The largest absolute Gasteiger partial charge is 0.497 e. The van der Waals surface area contributed by atoms with Crippen LogP contribution in [0.1, 0.15) is 23.4 Å². The minimum Gasteiger partial charge on any atom is -0.497 e. The fraction of sp³-hybridized carbons (Fsp3) is 0.250. The first kappa shape index (κ1) is 18.4. The number of hydrogen-bond acceptors (Lipinski definition) is 5. The van der Waals surface area contributed by atoms with Crippen LogP contribution in [-0.2, 0) is 17.6 Å². The first-order valence-electron chi connectivity index (χ1n) is 8.63. The van der Waals surface area contributed by atoms with Crippen molar-refractivity contribution in [3.63, 3.8) is 0 Å². The van der Waals surface area contributed by atoms with Gasteiger partial charge in [0.2, 0.25) is 11.9 Å². The lowest BCUT2D eigenvalue weighted by atomic mass is 10.1. The third kappa shape index (κ3) is 5.31. The summed E-state index contributed by atoms with van der Waals surface area (Å²) in [5, 5.41) is 9.63. The van der Waals surface area contributed by atoms with Crippen molar-refractivity contribution in [2.24, 2.45) is 0 Å². The molecule has 0 saturated carbocycles. The molecule has 0 atom stereocenters. The van der Waals surface area contributed by atoms with E-state index in [1.807, 2.05) is 48.5 Å².